The minimum atomic E-state index is -3.28. The van der Waals surface area contributed by atoms with Crippen molar-refractivity contribution in [1.29, 1.82) is 0 Å². The fraction of sp³-hybridized carbons (Fsp3) is 0.400. The lowest BCUT2D eigenvalue weighted by Crippen LogP contribution is -2.15. The van der Waals surface area contributed by atoms with E-state index in [1.165, 1.54) is 0 Å². The van der Waals surface area contributed by atoms with Gasteiger partial charge in [-0.2, -0.15) is 0 Å². The highest BCUT2D eigenvalue weighted by molar-refractivity contribution is 7.91. The number of ketones is 1. The minimum absolute atomic E-state index is 0.206. The largest absolute Gasteiger partial charge is 0.291 e. The van der Waals surface area contributed by atoms with Crippen molar-refractivity contribution in [1.82, 2.24) is 4.98 Å². The zero-order chi connectivity index (χ0) is 11.5. The Hall–Kier alpha value is -1.23. The minimum Gasteiger partial charge on any atom is -0.291 e. The second kappa shape index (κ2) is 4.53. The number of pyridine rings is 1. The van der Waals surface area contributed by atoms with Crippen molar-refractivity contribution in [3.8, 4) is 0 Å². The quantitative estimate of drug-likeness (QED) is 0.716. The number of carbonyl (C=O) groups excluding carboxylic acids is 1. The molecule has 0 amide bonds. The van der Waals surface area contributed by atoms with Gasteiger partial charge in [0.1, 0.15) is 11.4 Å². The standard InChI is InChI=1S/C10H13NO3S/c1-3-8-4-5-9(11-6-8)10(12)7-15(2,13)14/h4-6H,3,7H2,1-2H3. The van der Waals surface area contributed by atoms with Crippen molar-refractivity contribution in [2.45, 2.75) is 13.3 Å². The summed E-state index contributed by atoms with van der Waals surface area (Å²) in [6.45, 7) is 1.98. The summed E-state index contributed by atoms with van der Waals surface area (Å²) in [5, 5.41) is 0. The molecule has 0 saturated heterocycles. The smallest absolute Gasteiger partial charge is 0.196 e. The van der Waals surface area contributed by atoms with E-state index in [1.807, 2.05) is 6.92 Å². The van der Waals surface area contributed by atoms with Crippen molar-refractivity contribution in [3.63, 3.8) is 0 Å². The van der Waals surface area contributed by atoms with Gasteiger partial charge in [-0.05, 0) is 18.1 Å². The molecule has 0 aliphatic carbocycles. The van der Waals surface area contributed by atoms with Crippen molar-refractivity contribution < 1.29 is 13.2 Å². The van der Waals surface area contributed by atoms with Gasteiger partial charge in [-0.15, -0.1) is 0 Å². The Labute approximate surface area is 89.3 Å². The summed E-state index contributed by atoms with van der Waals surface area (Å²) in [4.78, 5) is 15.3. The summed E-state index contributed by atoms with van der Waals surface area (Å²) in [7, 11) is -3.28. The van der Waals surface area contributed by atoms with E-state index in [0.717, 1.165) is 18.2 Å². The van der Waals surface area contributed by atoms with Gasteiger partial charge in [0.15, 0.2) is 15.6 Å². The Morgan fingerprint density at radius 1 is 1.40 bits per heavy atom. The Morgan fingerprint density at radius 2 is 2.07 bits per heavy atom. The molecule has 0 aliphatic heterocycles. The van der Waals surface area contributed by atoms with E-state index in [1.54, 1.807) is 18.3 Å². The number of rotatable bonds is 4. The molecule has 0 bridgehead atoms. The summed E-state index contributed by atoms with van der Waals surface area (Å²) >= 11 is 0. The number of aromatic nitrogens is 1. The lowest BCUT2D eigenvalue weighted by atomic mass is 10.2. The molecule has 0 atom stereocenters. The number of Topliss-reactive ketones (excluding diaryl/α,β-unsaturated/α-hetero) is 1. The van der Waals surface area contributed by atoms with E-state index in [2.05, 4.69) is 4.98 Å². The lowest BCUT2D eigenvalue weighted by Gasteiger charge is -2.00. The monoisotopic (exact) mass is 227 g/mol. The van der Waals surface area contributed by atoms with Crippen molar-refractivity contribution in [2.24, 2.45) is 0 Å². The predicted octanol–water partition coefficient (Wildman–Crippen LogP) is 0.871. The van der Waals surface area contributed by atoms with Crippen molar-refractivity contribution in [2.75, 3.05) is 12.0 Å². The molecule has 0 aliphatic rings. The van der Waals surface area contributed by atoms with Crippen molar-refractivity contribution in [3.05, 3.63) is 29.6 Å². The van der Waals surface area contributed by atoms with Crippen LogP contribution in [0, 0.1) is 0 Å². The summed E-state index contributed by atoms with van der Waals surface area (Å²) in [5.41, 5.74) is 1.23. The van der Waals surface area contributed by atoms with E-state index in [0.29, 0.717) is 0 Å². The molecule has 0 spiro atoms. The van der Waals surface area contributed by atoms with Crippen LogP contribution in [0.5, 0.6) is 0 Å². The molecule has 0 unspecified atom stereocenters. The second-order valence-electron chi connectivity index (χ2n) is 3.40. The van der Waals surface area contributed by atoms with Crippen molar-refractivity contribution >= 4 is 15.6 Å². The van der Waals surface area contributed by atoms with E-state index in [4.69, 9.17) is 0 Å². The highest BCUT2D eigenvalue weighted by Gasteiger charge is 2.13. The fourth-order valence-electron chi connectivity index (χ4n) is 1.11. The summed E-state index contributed by atoms with van der Waals surface area (Å²) < 4.78 is 21.8. The highest BCUT2D eigenvalue weighted by atomic mass is 32.2. The fourth-order valence-corrected chi connectivity index (χ4v) is 1.73. The maximum Gasteiger partial charge on any atom is 0.196 e. The molecule has 1 heterocycles. The number of sulfone groups is 1. The molecule has 1 rings (SSSR count). The lowest BCUT2D eigenvalue weighted by molar-refractivity contribution is 0.101. The number of hydrogen-bond donors (Lipinski definition) is 0. The maximum absolute atomic E-state index is 11.4. The molecule has 0 aromatic carbocycles. The van der Waals surface area contributed by atoms with Crippen LogP contribution in [0.25, 0.3) is 0 Å². The van der Waals surface area contributed by atoms with Gasteiger partial charge >= 0.3 is 0 Å². The van der Waals surface area contributed by atoms with Crippen LogP contribution >= 0.6 is 0 Å². The third-order valence-corrected chi connectivity index (χ3v) is 2.70. The van der Waals surface area contributed by atoms with Gasteiger partial charge in [0.05, 0.1) is 0 Å². The third-order valence-electron chi connectivity index (χ3n) is 1.91. The Bertz CT molecular complexity index is 448. The zero-order valence-electron chi connectivity index (χ0n) is 8.73. The Morgan fingerprint density at radius 3 is 2.47 bits per heavy atom. The zero-order valence-corrected chi connectivity index (χ0v) is 9.54. The number of nitrogens with zero attached hydrogens (tertiary/aromatic N) is 1. The molecule has 0 saturated carbocycles. The van der Waals surface area contributed by atoms with Gasteiger partial charge in [0, 0.05) is 12.5 Å². The Kier molecular flexibility index (Phi) is 3.57. The molecule has 82 valence electrons. The number of hydrogen-bond acceptors (Lipinski definition) is 4. The van der Waals surface area contributed by atoms with E-state index >= 15 is 0 Å². The van der Waals surface area contributed by atoms with Gasteiger partial charge in [-0.25, -0.2) is 8.42 Å². The van der Waals surface area contributed by atoms with Gasteiger partial charge in [-0.1, -0.05) is 13.0 Å². The van der Waals surface area contributed by atoms with Crippen LogP contribution in [-0.2, 0) is 16.3 Å². The predicted molar refractivity (Wildman–Crippen MR) is 57.7 cm³/mol. The average Bonchev–Trinajstić information content (AvgIpc) is 2.15. The molecule has 0 radical (unpaired) electrons. The molecule has 0 fully saturated rings. The van der Waals surface area contributed by atoms with Gasteiger partial charge in [-0.3, -0.25) is 9.78 Å². The third kappa shape index (κ3) is 3.79. The first kappa shape index (κ1) is 11.8. The first-order valence-corrected chi connectivity index (χ1v) is 6.64. The normalized spacial score (nSPS) is 11.3. The highest BCUT2D eigenvalue weighted by Crippen LogP contribution is 2.03. The average molecular weight is 227 g/mol. The van der Waals surface area contributed by atoms with Crippen LogP contribution in [0.4, 0.5) is 0 Å². The molecule has 4 nitrogen and oxygen atoms in total. The SMILES string of the molecule is CCc1ccc(C(=O)CS(C)(=O)=O)nc1. The molecule has 15 heavy (non-hydrogen) atoms. The first-order chi connectivity index (χ1) is 6.92. The van der Waals surface area contributed by atoms with Crippen LogP contribution < -0.4 is 0 Å². The van der Waals surface area contributed by atoms with Crippen LogP contribution in [0.2, 0.25) is 0 Å². The molecule has 5 heteroatoms. The molecule has 0 N–H and O–H groups in total. The number of aryl methyl sites for hydroxylation is 1. The van der Waals surface area contributed by atoms with Crippen LogP contribution in [0.3, 0.4) is 0 Å². The van der Waals surface area contributed by atoms with Crippen LogP contribution in [0.1, 0.15) is 23.0 Å². The van der Waals surface area contributed by atoms with Crippen LogP contribution in [-0.4, -0.2) is 31.2 Å². The summed E-state index contributed by atoms with van der Waals surface area (Å²) in [6, 6.07) is 3.34. The van der Waals surface area contributed by atoms with Gasteiger partial charge in [0.2, 0.25) is 0 Å². The van der Waals surface area contributed by atoms with E-state index in [-0.39, 0.29) is 5.69 Å². The molecule has 1 aromatic heterocycles. The van der Waals surface area contributed by atoms with Crippen LogP contribution in [0.15, 0.2) is 18.3 Å². The van der Waals surface area contributed by atoms with E-state index in [9.17, 15) is 13.2 Å². The topological polar surface area (TPSA) is 64.1 Å². The van der Waals surface area contributed by atoms with Gasteiger partial charge < -0.3 is 0 Å². The van der Waals surface area contributed by atoms with Gasteiger partial charge in [0.25, 0.3) is 0 Å². The Balaban J connectivity index is 2.84. The maximum atomic E-state index is 11.4. The second-order valence-corrected chi connectivity index (χ2v) is 5.54. The van der Waals surface area contributed by atoms with E-state index < -0.39 is 21.4 Å². The molecule has 1 aromatic rings. The number of carbonyl (C=O) groups is 1. The first-order valence-electron chi connectivity index (χ1n) is 4.58. The summed E-state index contributed by atoms with van der Waals surface area (Å²) in [5.74, 6) is -0.939. The molecular weight excluding hydrogens is 214 g/mol. The molecular formula is C10H13NO3S. The summed E-state index contributed by atoms with van der Waals surface area (Å²) in [6.07, 6.45) is 3.47.